The molecule has 1 amide bonds. The monoisotopic (exact) mass is 401 g/mol. The summed E-state index contributed by atoms with van der Waals surface area (Å²) in [7, 11) is -3.82. The van der Waals surface area contributed by atoms with Crippen LogP contribution in [0.2, 0.25) is 0 Å². The van der Waals surface area contributed by atoms with Gasteiger partial charge in [-0.15, -0.1) is 0 Å². The summed E-state index contributed by atoms with van der Waals surface area (Å²) in [4.78, 5) is 13.2. The molecule has 0 saturated heterocycles. The van der Waals surface area contributed by atoms with Gasteiger partial charge in [-0.1, -0.05) is 37.5 Å². The van der Waals surface area contributed by atoms with Gasteiger partial charge in [0.2, 0.25) is 10.0 Å². The molecule has 0 spiro atoms. The highest BCUT2D eigenvalue weighted by Crippen LogP contribution is 2.31. The molecule has 6 heteroatoms. The van der Waals surface area contributed by atoms with Gasteiger partial charge in [0.25, 0.3) is 5.91 Å². The molecular weight excluding hydrogens is 374 g/mol. The van der Waals surface area contributed by atoms with E-state index in [4.69, 9.17) is 4.74 Å². The molecular formula is C22H27NO4S. The van der Waals surface area contributed by atoms with Gasteiger partial charge >= 0.3 is 0 Å². The third-order valence-corrected chi connectivity index (χ3v) is 7.08. The maximum atomic E-state index is 13.4. The van der Waals surface area contributed by atoms with Crippen LogP contribution in [0.25, 0.3) is 0 Å². The number of carbonyl (C=O) groups is 1. The van der Waals surface area contributed by atoms with Crippen molar-refractivity contribution in [2.24, 2.45) is 0 Å². The Balaban J connectivity index is 2.00. The van der Waals surface area contributed by atoms with Gasteiger partial charge in [-0.05, 0) is 63.1 Å². The van der Waals surface area contributed by atoms with Crippen molar-refractivity contribution in [2.45, 2.75) is 57.3 Å². The SMILES string of the molecule is CC(C)Oc1ccc(N(C(=O)c2ccccc2)S(=O)(=O)C2CCCCC2)cc1. The summed E-state index contributed by atoms with van der Waals surface area (Å²) in [5, 5.41) is -0.527. The molecule has 0 aliphatic heterocycles. The van der Waals surface area contributed by atoms with Crippen LogP contribution < -0.4 is 9.04 Å². The molecule has 150 valence electrons. The molecule has 0 aromatic heterocycles. The molecule has 2 aromatic rings. The first kappa shape index (κ1) is 20.4. The number of amides is 1. The number of carbonyl (C=O) groups excluding carboxylic acids is 1. The van der Waals surface area contributed by atoms with E-state index in [1.54, 1.807) is 54.6 Å². The van der Waals surface area contributed by atoms with Gasteiger partial charge in [0.05, 0.1) is 17.0 Å². The minimum Gasteiger partial charge on any atom is -0.491 e. The van der Waals surface area contributed by atoms with Gasteiger partial charge in [0.1, 0.15) is 5.75 Å². The van der Waals surface area contributed by atoms with E-state index in [0.717, 1.165) is 23.6 Å². The van der Waals surface area contributed by atoms with Gasteiger partial charge in [-0.25, -0.2) is 12.7 Å². The molecule has 0 unspecified atom stereocenters. The van der Waals surface area contributed by atoms with Gasteiger partial charge in [-0.2, -0.15) is 0 Å². The van der Waals surface area contributed by atoms with Crippen LogP contribution in [0.1, 0.15) is 56.3 Å². The predicted octanol–water partition coefficient (Wildman–Crippen LogP) is 4.78. The molecule has 2 aromatic carbocycles. The van der Waals surface area contributed by atoms with Crippen molar-refractivity contribution in [3.63, 3.8) is 0 Å². The third-order valence-electron chi connectivity index (χ3n) is 4.88. The van der Waals surface area contributed by atoms with E-state index in [0.29, 0.717) is 29.8 Å². The molecule has 1 aliphatic rings. The predicted molar refractivity (Wildman–Crippen MR) is 111 cm³/mol. The first-order valence-electron chi connectivity index (χ1n) is 9.80. The van der Waals surface area contributed by atoms with Crippen LogP contribution in [0.5, 0.6) is 5.75 Å². The number of sulfonamides is 1. The largest absolute Gasteiger partial charge is 0.491 e. The molecule has 0 heterocycles. The van der Waals surface area contributed by atoms with Crippen molar-refractivity contribution in [1.82, 2.24) is 0 Å². The fourth-order valence-electron chi connectivity index (χ4n) is 3.52. The zero-order valence-corrected chi connectivity index (χ0v) is 17.2. The summed E-state index contributed by atoms with van der Waals surface area (Å²) in [6.07, 6.45) is 3.99. The third kappa shape index (κ3) is 4.55. The average Bonchev–Trinajstić information content (AvgIpc) is 2.70. The van der Waals surface area contributed by atoms with Crippen molar-refractivity contribution >= 4 is 21.6 Å². The Kier molecular flexibility index (Phi) is 6.39. The van der Waals surface area contributed by atoms with E-state index >= 15 is 0 Å². The number of anilines is 1. The topological polar surface area (TPSA) is 63.7 Å². The first-order valence-corrected chi connectivity index (χ1v) is 11.3. The van der Waals surface area contributed by atoms with E-state index in [1.807, 2.05) is 13.8 Å². The number of hydrogen-bond donors (Lipinski definition) is 0. The molecule has 0 radical (unpaired) electrons. The van der Waals surface area contributed by atoms with Gasteiger partial charge in [-0.3, -0.25) is 4.79 Å². The highest BCUT2D eigenvalue weighted by Gasteiger charge is 2.37. The lowest BCUT2D eigenvalue weighted by atomic mass is 10.0. The number of rotatable bonds is 6. The molecule has 28 heavy (non-hydrogen) atoms. The Hall–Kier alpha value is -2.34. The number of ether oxygens (including phenoxy) is 1. The smallest absolute Gasteiger partial charge is 0.272 e. The van der Waals surface area contributed by atoms with E-state index in [9.17, 15) is 13.2 Å². The van der Waals surface area contributed by atoms with Crippen LogP contribution in [-0.2, 0) is 10.0 Å². The molecule has 0 bridgehead atoms. The Bertz CT molecular complexity index is 886. The van der Waals surface area contributed by atoms with Gasteiger partial charge < -0.3 is 4.74 Å². The second-order valence-electron chi connectivity index (χ2n) is 7.40. The second kappa shape index (κ2) is 8.78. The van der Waals surface area contributed by atoms with Crippen LogP contribution in [0.4, 0.5) is 5.69 Å². The Morgan fingerprint density at radius 1 is 0.964 bits per heavy atom. The average molecular weight is 402 g/mol. The fourth-order valence-corrected chi connectivity index (χ4v) is 5.50. The van der Waals surface area contributed by atoms with Crippen molar-refractivity contribution in [3.8, 4) is 5.75 Å². The van der Waals surface area contributed by atoms with Crippen LogP contribution in [0.3, 0.4) is 0 Å². The minimum absolute atomic E-state index is 0.0128. The van der Waals surface area contributed by atoms with E-state index in [1.165, 1.54) is 0 Å². The summed E-state index contributed by atoms with van der Waals surface area (Å²) in [5.74, 6) is 0.115. The van der Waals surface area contributed by atoms with Gasteiger partial charge in [0.15, 0.2) is 0 Å². The maximum absolute atomic E-state index is 13.4. The summed E-state index contributed by atoms with van der Waals surface area (Å²) < 4.78 is 33.5. The first-order chi connectivity index (χ1) is 13.4. The minimum atomic E-state index is -3.82. The van der Waals surface area contributed by atoms with E-state index < -0.39 is 21.2 Å². The summed E-state index contributed by atoms with van der Waals surface area (Å²) in [6, 6.07) is 15.2. The Labute approximate surface area is 167 Å². The summed E-state index contributed by atoms with van der Waals surface area (Å²) >= 11 is 0. The normalized spacial score (nSPS) is 15.4. The van der Waals surface area contributed by atoms with Crippen molar-refractivity contribution in [3.05, 3.63) is 60.2 Å². The highest BCUT2D eigenvalue weighted by atomic mass is 32.2. The molecule has 1 fully saturated rings. The van der Waals surface area contributed by atoms with Crippen LogP contribution >= 0.6 is 0 Å². The maximum Gasteiger partial charge on any atom is 0.272 e. The zero-order valence-electron chi connectivity index (χ0n) is 16.4. The molecule has 1 saturated carbocycles. The second-order valence-corrected chi connectivity index (χ2v) is 9.46. The quantitative estimate of drug-likeness (QED) is 0.699. The fraction of sp³-hybridized carbons (Fsp3) is 0.409. The van der Waals surface area contributed by atoms with Crippen molar-refractivity contribution < 1.29 is 17.9 Å². The highest BCUT2D eigenvalue weighted by molar-refractivity contribution is 7.94. The number of benzene rings is 2. The Morgan fingerprint density at radius 3 is 2.14 bits per heavy atom. The van der Waals surface area contributed by atoms with Crippen LogP contribution in [0.15, 0.2) is 54.6 Å². The van der Waals surface area contributed by atoms with Gasteiger partial charge in [0, 0.05) is 5.56 Å². The summed E-state index contributed by atoms with van der Waals surface area (Å²) in [6.45, 7) is 3.85. The molecule has 0 N–H and O–H groups in total. The molecule has 0 atom stereocenters. The zero-order chi connectivity index (χ0) is 20.1. The lowest BCUT2D eigenvalue weighted by Crippen LogP contribution is -2.43. The number of nitrogens with zero attached hydrogens (tertiary/aromatic N) is 1. The standard InChI is InChI=1S/C22H27NO4S/c1-17(2)27-20-15-13-19(14-16-20)23(22(24)18-9-5-3-6-10-18)28(25,26)21-11-7-4-8-12-21/h3,5-6,9-10,13-17,21H,4,7-8,11-12H2,1-2H3. The lowest BCUT2D eigenvalue weighted by Gasteiger charge is -2.30. The van der Waals surface area contributed by atoms with Crippen molar-refractivity contribution in [2.75, 3.05) is 4.31 Å². The molecule has 1 aliphatic carbocycles. The Morgan fingerprint density at radius 2 is 1.57 bits per heavy atom. The van der Waals surface area contributed by atoms with Crippen molar-refractivity contribution in [1.29, 1.82) is 0 Å². The van der Waals surface area contributed by atoms with E-state index in [2.05, 4.69) is 0 Å². The number of hydrogen-bond acceptors (Lipinski definition) is 4. The molecule has 5 nitrogen and oxygen atoms in total. The molecule has 3 rings (SSSR count). The van der Waals surface area contributed by atoms with Crippen LogP contribution in [0, 0.1) is 0 Å². The lowest BCUT2D eigenvalue weighted by molar-refractivity contribution is 0.100. The van der Waals surface area contributed by atoms with Crippen LogP contribution in [-0.4, -0.2) is 25.7 Å². The summed E-state index contributed by atoms with van der Waals surface area (Å²) in [5.41, 5.74) is 0.694. The van der Waals surface area contributed by atoms with E-state index in [-0.39, 0.29) is 6.10 Å².